The number of ether oxygens (including phenoxy) is 1. The minimum absolute atomic E-state index is 0.0249. The largest absolute Gasteiger partial charge is 0.467 e. The highest BCUT2D eigenvalue weighted by atomic mass is 35.5. The molecule has 1 saturated carbocycles. The second-order valence-electron chi connectivity index (χ2n) is 10.5. The molecule has 0 bridgehead atoms. The Bertz CT molecular complexity index is 1360. The van der Waals surface area contributed by atoms with E-state index < -0.39 is 63.2 Å². The van der Waals surface area contributed by atoms with Gasteiger partial charge >= 0.3 is 5.97 Å². The molecule has 5 rings (SSSR count). The maximum absolute atomic E-state index is 14.3. The van der Waals surface area contributed by atoms with Gasteiger partial charge in [0.25, 0.3) is 0 Å². The molecular weight excluding hydrogens is 554 g/mol. The second kappa shape index (κ2) is 10.4. The number of hydrogen-bond donors (Lipinski definition) is 1. The number of aliphatic hydroxyl groups excluding tert-OH is 1. The van der Waals surface area contributed by atoms with E-state index in [0.29, 0.717) is 37.1 Å². The van der Waals surface area contributed by atoms with Crippen molar-refractivity contribution in [2.24, 2.45) is 5.41 Å². The fourth-order valence-corrected chi connectivity index (χ4v) is 8.20. The first-order valence-corrected chi connectivity index (χ1v) is 14.6. The summed E-state index contributed by atoms with van der Waals surface area (Å²) >= 11 is 6.00. The number of aliphatic hydroxyl groups is 1. The zero-order valence-corrected chi connectivity index (χ0v) is 22.8. The van der Waals surface area contributed by atoms with Crippen LogP contribution in [0.2, 0.25) is 5.02 Å². The number of benzene rings is 2. The Morgan fingerprint density at radius 1 is 1.08 bits per heavy atom. The van der Waals surface area contributed by atoms with Gasteiger partial charge in [-0.15, -0.1) is 0 Å². The molecule has 8 nitrogen and oxygen atoms in total. The zero-order valence-electron chi connectivity index (χ0n) is 21.2. The number of nitrogens with zero attached hydrogens (tertiary/aromatic N) is 2. The molecule has 2 aliphatic heterocycles. The van der Waals surface area contributed by atoms with E-state index in [1.54, 1.807) is 0 Å². The summed E-state index contributed by atoms with van der Waals surface area (Å²) in [6, 6.07) is 5.80. The van der Waals surface area contributed by atoms with Crippen molar-refractivity contribution in [1.82, 2.24) is 9.21 Å². The van der Waals surface area contributed by atoms with Gasteiger partial charge in [-0.25, -0.2) is 22.0 Å². The van der Waals surface area contributed by atoms with Crippen LogP contribution >= 0.6 is 11.6 Å². The smallest absolute Gasteiger partial charge is 0.328 e. The average molecular weight is 583 g/mol. The number of halogens is 3. The molecule has 2 aromatic rings. The summed E-state index contributed by atoms with van der Waals surface area (Å²) in [5.74, 6) is -2.75. The molecule has 2 heterocycles. The first kappa shape index (κ1) is 27.9. The third kappa shape index (κ3) is 5.05. The van der Waals surface area contributed by atoms with Crippen LogP contribution in [0.3, 0.4) is 0 Å². The first-order chi connectivity index (χ1) is 18.5. The van der Waals surface area contributed by atoms with Crippen LogP contribution in [0.5, 0.6) is 0 Å². The molecule has 4 atom stereocenters. The number of rotatable bonds is 6. The van der Waals surface area contributed by atoms with Crippen LogP contribution in [0.1, 0.15) is 50.1 Å². The molecule has 12 heteroatoms. The number of carbonyl (C=O) groups excluding carboxylic acids is 2. The van der Waals surface area contributed by atoms with E-state index in [0.717, 1.165) is 18.2 Å². The van der Waals surface area contributed by atoms with Crippen molar-refractivity contribution in [2.45, 2.75) is 67.6 Å². The van der Waals surface area contributed by atoms with E-state index in [1.807, 2.05) is 0 Å². The minimum Gasteiger partial charge on any atom is -0.467 e. The Labute approximate surface area is 230 Å². The fourth-order valence-electron chi connectivity index (χ4n) is 6.15. The summed E-state index contributed by atoms with van der Waals surface area (Å²) in [6.07, 6.45) is 0.990. The quantitative estimate of drug-likeness (QED) is 0.520. The summed E-state index contributed by atoms with van der Waals surface area (Å²) in [5, 5.41) is 10.6. The molecule has 210 valence electrons. The van der Waals surface area contributed by atoms with E-state index in [1.165, 1.54) is 40.6 Å². The molecule has 1 aliphatic carbocycles. The lowest BCUT2D eigenvalue weighted by Crippen LogP contribution is -2.55. The summed E-state index contributed by atoms with van der Waals surface area (Å²) in [4.78, 5) is 27.7. The van der Waals surface area contributed by atoms with Gasteiger partial charge in [0.1, 0.15) is 17.7 Å². The number of esters is 1. The minimum atomic E-state index is -4.28. The van der Waals surface area contributed by atoms with Gasteiger partial charge in [-0.3, -0.25) is 4.79 Å². The van der Waals surface area contributed by atoms with Crippen molar-refractivity contribution in [3.8, 4) is 0 Å². The van der Waals surface area contributed by atoms with Crippen LogP contribution in [0.25, 0.3) is 0 Å². The van der Waals surface area contributed by atoms with Gasteiger partial charge in [-0.05, 0) is 74.1 Å². The van der Waals surface area contributed by atoms with Crippen LogP contribution < -0.4 is 0 Å². The Hall–Kier alpha value is -2.60. The predicted molar refractivity (Wildman–Crippen MR) is 137 cm³/mol. The highest BCUT2D eigenvalue weighted by molar-refractivity contribution is 7.89. The van der Waals surface area contributed by atoms with Gasteiger partial charge in [-0.2, -0.15) is 4.31 Å². The molecule has 39 heavy (non-hydrogen) atoms. The molecule has 0 aromatic heterocycles. The molecule has 0 radical (unpaired) electrons. The summed E-state index contributed by atoms with van der Waals surface area (Å²) in [7, 11) is -3.08. The topological polar surface area (TPSA) is 104 Å². The zero-order chi connectivity index (χ0) is 28.1. The molecule has 1 N–H and O–H groups in total. The lowest BCUT2D eigenvalue weighted by molar-refractivity contribution is -0.154. The number of β-amino-alcohol motifs (C(OH)–C–C–N with tert-alkyl or cyclic N) is 1. The van der Waals surface area contributed by atoms with Gasteiger partial charge in [0.2, 0.25) is 15.9 Å². The van der Waals surface area contributed by atoms with E-state index >= 15 is 0 Å². The van der Waals surface area contributed by atoms with Crippen molar-refractivity contribution in [2.75, 3.05) is 13.7 Å². The highest BCUT2D eigenvalue weighted by Crippen LogP contribution is 2.58. The summed E-state index contributed by atoms with van der Waals surface area (Å²) < 4.78 is 63.1. The maximum atomic E-state index is 14.3. The molecule has 1 amide bonds. The Morgan fingerprint density at radius 2 is 1.72 bits per heavy atom. The van der Waals surface area contributed by atoms with Gasteiger partial charge in [0.05, 0.1) is 29.6 Å². The van der Waals surface area contributed by atoms with Crippen molar-refractivity contribution < 1.29 is 36.6 Å². The number of amides is 1. The third-order valence-corrected chi connectivity index (χ3v) is 10.3. The number of piperidine rings is 1. The molecular formula is C27H29ClF2N2O6S. The SMILES string of the molecule is COC(=O)C1CC(O)CN1C(=O)C1(C2CCCC(c3cc(F)cc(F)c3)N2S(=O)(=O)c2ccc(Cl)cc2)CC1. The predicted octanol–water partition coefficient (Wildman–Crippen LogP) is 3.82. The van der Waals surface area contributed by atoms with E-state index in [9.17, 15) is 31.9 Å². The molecule has 2 aromatic carbocycles. The van der Waals surface area contributed by atoms with E-state index in [-0.39, 0.29) is 23.4 Å². The highest BCUT2D eigenvalue weighted by Gasteiger charge is 2.63. The summed E-state index contributed by atoms with van der Waals surface area (Å²) in [5.41, 5.74) is -0.998. The summed E-state index contributed by atoms with van der Waals surface area (Å²) in [6.45, 7) is -0.0739. The molecule has 3 fully saturated rings. The number of carbonyl (C=O) groups is 2. The second-order valence-corrected chi connectivity index (χ2v) is 12.8. The van der Waals surface area contributed by atoms with Crippen LogP contribution in [-0.4, -0.2) is 66.4 Å². The Morgan fingerprint density at radius 3 is 2.31 bits per heavy atom. The number of likely N-dealkylation sites (tertiary alicyclic amines) is 1. The van der Waals surface area contributed by atoms with Crippen molar-refractivity contribution in [3.63, 3.8) is 0 Å². The van der Waals surface area contributed by atoms with Crippen LogP contribution in [0.4, 0.5) is 8.78 Å². The van der Waals surface area contributed by atoms with E-state index in [4.69, 9.17) is 16.3 Å². The average Bonchev–Trinajstić information content (AvgIpc) is 3.62. The molecule has 3 aliphatic rings. The van der Waals surface area contributed by atoms with Crippen LogP contribution in [0.15, 0.2) is 47.4 Å². The normalized spacial score (nSPS) is 26.8. The van der Waals surface area contributed by atoms with Crippen LogP contribution in [0, 0.1) is 17.0 Å². The standard InChI is InChI=1S/C27H29ClF2N2O6S/c1-38-25(34)23-14-20(33)15-31(23)26(35)27(9-10-27)24-4-2-3-22(16-11-18(29)13-19(30)12-16)32(24)39(36,37)21-7-5-17(28)6-8-21/h5-8,11-13,20,22-24,33H,2-4,9-10,14-15H2,1H3. The van der Waals surface area contributed by atoms with Gasteiger partial charge in [0.15, 0.2) is 0 Å². The molecule has 4 unspecified atom stereocenters. The van der Waals surface area contributed by atoms with Gasteiger partial charge in [0, 0.05) is 30.1 Å². The lowest BCUT2D eigenvalue weighted by atomic mass is 9.84. The molecule has 0 spiro atoms. The fraction of sp³-hybridized carbons (Fsp3) is 0.481. The van der Waals surface area contributed by atoms with Crippen molar-refractivity contribution >= 4 is 33.5 Å². The van der Waals surface area contributed by atoms with Gasteiger partial charge < -0.3 is 14.7 Å². The monoisotopic (exact) mass is 582 g/mol. The lowest BCUT2D eigenvalue weighted by Gasteiger charge is -2.45. The Balaban J connectivity index is 1.60. The first-order valence-electron chi connectivity index (χ1n) is 12.8. The van der Waals surface area contributed by atoms with Crippen molar-refractivity contribution in [3.05, 3.63) is 64.7 Å². The maximum Gasteiger partial charge on any atom is 0.328 e. The van der Waals surface area contributed by atoms with E-state index in [2.05, 4.69) is 0 Å². The Kier molecular flexibility index (Phi) is 7.47. The number of methoxy groups -OCH3 is 1. The van der Waals surface area contributed by atoms with Crippen molar-refractivity contribution in [1.29, 1.82) is 0 Å². The number of hydrogen-bond acceptors (Lipinski definition) is 6. The van der Waals surface area contributed by atoms with Crippen LogP contribution in [-0.2, 0) is 24.3 Å². The molecule has 2 saturated heterocycles. The van der Waals surface area contributed by atoms with Gasteiger partial charge in [-0.1, -0.05) is 11.6 Å². The number of sulfonamides is 1. The third-order valence-electron chi connectivity index (χ3n) is 8.09.